The maximum Gasteiger partial charge on any atom is 0.321 e. The van der Waals surface area contributed by atoms with Crippen LogP contribution in [0.2, 0.25) is 0 Å². The number of thiol groups is 1. The minimum Gasteiger partial charge on any atom is -0.480 e. The number of carboxylic acid groups (broad SMARTS) is 1. The molecule has 5 N–H and O–H groups in total. The van der Waals surface area contributed by atoms with E-state index in [0.717, 1.165) is 0 Å². The van der Waals surface area contributed by atoms with E-state index in [4.69, 9.17) is 16.6 Å². The highest BCUT2D eigenvalue weighted by molar-refractivity contribution is 8.76. The van der Waals surface area contributed by atoms with E-state index < -0.39 is 18.1 Å². The number of carboxylic acids is 1. The summed E-state index contributed by atoms with van der Waals surface area (Å²) in [4.78, 5) is 20.9. The second-order valence-electron chi connectivity index (χ2n) is 2.46. The first-order valence-corrected chi connectivity index (χ1v) is 6.60. The van der Waals surface area contributed by atoms with Crippen molar-refractivity contribution in [2.45, 2.75) is 12.1 Å². The number of carbonyl (C=O) groups excluding carboxylic acids is 1. The van der Waals surface area contributed by atoms with E-state index in [1.807, 2.05) is 0 Å². The van der Waals surface area contributed by atoms with Crippen LogP contribution in [0, 0.1) is 0 Å². The molecule has 2 unspecified atom stereocenters. The minimum atomic E-state index is -1.03. The first-order chi connectivity index (χ1) is 6.45. The molecule has 0 spiro atoms. The van der Waals surface area contributed by atoms with Gasteiger partial charge in [0.1, 0.15) is 6.04 Å². The first kappa shape index (κ1) is 14.1. The summed E-state index contributed by atoms with van der Waals surface area (Å²) in [5.74, 6) is -0.347. The number of rotatable bonds is 7. The third-order valence-corrected chi connectivity index (χ3v) is 4.02. The van der Waals surface area contributed by atoms with Crippen LogP contribution in [-0.4, -0.2) is 39.8 Å². The van der Waals surface area contributed by atoms with Gasteiger partial charge in [-0.2, -0.15) is 0 Å². The SMILES string of the molecule is NC(CSSCC(N)C(=O)S)C(=O)O. The standard InChI is InChI=1S/C6H12N2O3S3/c7-3(5(9)10)1-13-14-2-4(8)6(11)12/h3-4H,1-2,7-8H2,(H,9,10)(H,11,12). The van der Waals surface area contributed by atoms with Crippen molar-refractivity contribution in [3.8, 4) is 0 Å². The van der Waals surface area contributed by atoms with Crippen LogP contribution in [0.15, 0.2) is 0 Å². The molecule has 0 aromatic rings. The van der Waals surface area contributed by atoms with Gasteiger partial charge in [0.25, 0.3) is 0 Å². The molecule has 82 valence electrons. The van der Waals surface area contributed by atoms with E-state index >= 15 is 0 Å². The average Bonchev–Trinajstić information content (AvgIpc) is 2.11. The van der Waals surface area contributed by atoms with Gasteiger partial charge in [-0.25, -0.2) is 0 Å². The molecule has 0 bridgehead atoms. The highest BCUT2D eigenvalue weighted by Crippen LogP contribution is 2.22. The van der Waals surface area contributed by atoms with Crippen molar-refractivity contribution >= 4 is 45.3 Å². The summed E-state index contributed by atoms with van der Waals surface area (Å²) in [6, 6.07) is -1.49. The predicted molar refractivity (Wildman–Crippen MR) is 62.5 cm³/mol. The molecule has 5 nitrogen and oxygen atoms in total. The van der Waals surface area contributed by atoms with Crippen LogP contribution >= 0.6 is 34.2 Å². The van der Waals surface area contributed by atoms with Crippen molar-refractivity contribution in [3.05, 3.63) is 0 Å². The maximum absolute atomic E-state index is 10.6. The topological polar surface area (TPSA) is 106 Å². The first-order valence-electron chi connectivity index (χ1n) is 3.66. The Morgan fingerprint density at radius 2 is 1.64 bits per heavy atom. The number of hydrogen-bond donors (Lipinski definition) is 4. The van der Waals surface area contributed by atoms with Crippen molar-refractivity contribution in [2.24, 2.45) is 11.5 Å². The van der Waals surface area contributed by atoms with Gasteiger partial charge < -0.3 is 16.6 Å². The fourth-order valence-corrected chi connectivity index (χ4v) is 2.84. The average molecular weight is 256 g/mol. The summed E-state index contributed by atoms with van der Waals surface area (Å²) in [5.41, 5.74) is 10.6. The number of nitrogens with two attached hydrogens (primary N) is 2. The Balaban J connectivity index is 3.47. The molecular formula is C6H12N2O3S3. The smallest absolute Gasteiger partial charge is 0.321 e. The molecule has 0 aliphatic carbocycles. The second kappa shape index (κ2) is 7.41. The Bertz CT molecular complexity index is 192. The lowest BCUT2D eigenvalue weighted by Gasteiger charge is -2.07. The van der Waals surface area contributed by atoms with Gasteiger partial charge >= 0.3 is 5.97 Å². The predicted octanol–water partition coefficient (Wildman–Crippen LogP) is -0.437. The molecule has 0 heterocycles. The van der Waals surface area contributed by atoms with E-state index in [-0.39, 0.29) is 10.9 Å². The molecule has 0 radical (unpaired) electrons. The largest absolute Gasteiger partial charge is 0.480 e. The Kier molecular flexibility index (Phi) is 7.47. The molecule has 0 amide bonds. The van der Waals surface area contributed by atoms with Gasteiger partial charge in [-0.05, 0) is 0 Å². The molecule has 2 atom stereocenters. The summed E-state index contributed by atoms with van der Waals surface area (Å²) >= 11 is 3.56. The third-order valence-electron chi connectivity index (χ3n) is 1.21. The molecule has 0 saturated heterocycles. The number of hydrogen-bond acceptors (Lipinski definition) is 6. The molecule has 0 fully saturated rings. The van der Waals surface area contributed by atoms with Crippen LogP contribution in [0.25, 0.3) is 0 Å². The van der Waals surface area contributed by atoms with Gasteiger partial charge in [-0.3, -0.25) is 9.59 Å². The third kappa shape index (κ3) is 6.55. The summed E-state index contributed by atoms with van der Waals surface area (Å²) in [7, 11) is 2.59. The second-order valence-corrected chi connectivity index (χ2v) is 5.45. The molecule has 0 rings (SSSR count). The monoisotopic (exact) mass is 256 g/mol. The minimum absolute atomic E-state index is 0.285. The zero-order valence-corrected chi connectivity index (χ0v) is 9.78. The van der Waals surface area contributed by atoms with Crippen LogP contribution in [0.1, 0.15) is 0 Å². The van der Waals surface area contributed by atoms with Crippen molar-refractivity contribution < 1.29 is 14.7 Å². The van der Waals surface area contributed by atoms with E-state index in [1.165, 1.54) is 21.6 Å². The Hall–Kier alpha value is 0.110. The molecule has 0 saturated carbocycles. The molecule has 0 aromatic carbocycles. The van der Waals surface area contributed by atoms with Crippen LogP contribution in [0.4, 0.5) is 0 Å². The fourth-order valence-electron chi connectivity index (χ4n) is 0.385. The summed E-state index contributed by atoms with van der Waals surface area (Å²) in [6.07, 6.45) is 0. The highest BCUT2D eigenvalue weighted by atomic mass is 33.1. The molecule has 0 aliphatic heterocycles. The molecule has 0 aromatic heterocycles. The Morgan fingerprint density at radius 1 is 1.21 bits per heavy atom. The van der Waals surface area contributed by atoms with Gasteiger partial charge in [-0.1, -0.05) is 21.6 Å². The van der Waals surface area contributed by atoms with E-state index in [0.29, 0.717) is 5.75 Å². The van der Waals surface area contributed by atoms with Gasteiger partial charge in [0.05, 0.1) is 6.04 Å². The number of aliphatic carboxylic acids is 1. The lowest BCUT2D eigenvalue weighted by molar-refractivity contribution is -0.137. The van der Waals surface area contributed by atoms with Gasteiger partial charge in [0, 0.05) is 11.5 Å². The van der Waals surface area contributed by atoms with E-state index in [1.54, 1.807) is 0 Å². The molecule has 14 heavy (non-hydrogen) atoms. The zero-order chi connectivity index (χ0) is 11.1. The highest BCUT2D eigenvalue weighted by Gasteiger charge is 2.13. The summed E-state index contributed by atoms with van der Waals surface area (Å²) in [5, 5.41) is 8.07. The summed E-state index contributed by atoms with van der Waals surface area (Å²) < 4.78 is 0. The van der Waals surface area contributed by atoms with E-state index in [2.05, 4.69) is 12.6 Å². The van der Waals surface area contributed by atoms with Gasteiger partial charge in [0.15, 0.2) is 0 Å². The molecular weight excluding hydrogens is 244 g/mol. The molecule has 0 aliphatic rings. The summed E-state index contributed by atoms with van der Waals surface area (Å²) in [6.45, 7) is 0. The lowest BCUT2D eigenvalue weighted by atomic mass is 10.4. The Labute approximate surface area is 95.2 Å². The lowest BCUT2D eigenvalue weighted by Crippen LogP contribution is -2.32. The van der Waals surface area contributed by atoms with Crippen LogP contribution in [0.5, 0.6) is 0 Å². The van der Waals surface area contributed by atoms with Crippen LogP contribution in [0.3, 0.4) is 0 Å². The Morgan fingerprint density at radius 3 is 2.00 bits per heavy atom. The zero-order valence-electron chi connectivity index (χ0n) is 7.25. The quantitative estimate of drug-likeness (QED) is 0.278. The normalized spacial score (nSPS) is 14.8. The number of carbonyl (C=O) groups is 2. The fraction of sp³-hybridized carbons (Fsp3) is 0.667. The maximum atomic E-state index is 10.6. The van der Waals surface area contributed by atoms with Crippen molar-refractivity contribution in [2.75, 3.05) is 11.5 Å². The van der Waals surface area contributed by atoms with Gasteiger partial charge in [-0.15, -0.1) is 12.6 Å². The van der Waals surface area contributed by atoms with Crippen molar-refractivity contribution in [1.82, 2.24) is 0 Å². The molecule has 8 heteroatoms. The van der Waals surface area contributed by atoms with Crippen LogP contribution < -0.4 is 11.5 Å². The van der Waals surface area contributed by atoms with Gasteiger partial charge in [0.2, 0.25) is 5.12 Å². The van der Waals surface area contributed by atoms with Crippen LogP contribution in [-0.2, 0) is 9.59 Å². The van der Waals surface area contributed by atoms with Crippen molar-refractivity contribution in [3.63, 3.8) is 0 Å². The van der Waals surface area contributed by atoms with E-state index in [9.17, 15) is 9.59 Å². The van der Waals surface area contributed by atoms with Crippen molar-refractivity contribution in [1.29, 1.82) is 0 Å².